The maximum absolute atomic E-state index is 11.7. The molecule has 8 nitrogen and oxygen atoms in total. The molecule has 1 aromatic rings. The standard InChI is InChI=1S/C16H20N2O6/c1-11(9-19)17-14(20)8-7-13(15(21)22)18-16(23)24-10-12-5-3-2-4-6-12/h2-6,9,11,13H,7-8,10H2,1H3,(H,17,20)(H,18,23)(H,21,22)/t11-,13-/m1/s1. The van der Waals surface area contributed by atoms with Crippen LogP contribution in [0.25, 0.3) is 0 Å². The summed E-state index contributed by atoms with van der Waals surface area (Å²) in [5.74, 6) is -1.75. The van der Waals surface area contributed by atoms with Gasteiger partial charge in [-0.15, -0.1) is 0 Å². The summed E-state index contributed by atoms with van der Waals surface area (Å²) in [7, 11) is 0. The van der Waals surface area contributed by atoms with E-state index in [-0.39, 0.29) is 19.4 Å². The predicted molar refractivity (Wildman–Crippen MR) is 84.1 cm³/mol. The van der Waals surface area contributed by atoms with E-state index < -0.39 is 30.1 Å². The second kappa shape index (κ2) is 9.98. The summed E-state index contributed by atoms with van der Waals surface area (Å²) in [5.41, 5.74) is 0.766. The van der Waals surface area contributed by atoms with E-state index in [0.29, 0.717) is 6.29 Å². The molecule has 130 valence electrons. The number of carboxylic acid groups (broad SMARTS) is 1. The van der Waals surface area contributed by atoms with Crippen LogP contribution in [0.2, 0.25) is 0 Å². The van der Waals surface area contributed by atoms with Gasteiger partial charge >= 0.3 is 12.1 Å². The van der Waals surface area contributed by atoms with E-state index in [2.05, 4.69) is 10.6 Å². The number of nitrogens with one attached hydrogen (secondary N) is 2. The summed E-state index contributed by atoms with van der Waals surface area (Å²) in [4.78, 5) is 44.8. The highest BCUT2D eigenvalue weighted by atomic mass is 16.5. The van der Waals surface area contributed by atoms with E-state index >= 15 is 0 Å². The summed E-state index contributed by atoms with van der Waals surface area (Å²) in [5, 5.41) is 13.7. The molecule has 1 aromatic carbocycles. The Morgan fingerprint density at radius 1 is 1.21 bits per heavy atom. The smallest absolute Gasteiger partial charge is 0.408 e. The number of benzene rings is 1. The van der Waals surface area contributed by atoms with Gasteiger partial charge in [-0.3, -0.25) is 4.79 Å². The molecule has 0 fully saturated rings. The van der Waals surface area contributed by atoms with Gasteiger partial charge in [-0.2, -0.15) is 0 Å². The Bertz CT molecular complexity index is 575. The second-order valence-electron chi connectivity index (χ2n) is 5.13. The number of ether oxygens (including phenoxy) is 1. The van der Waals surface area contributed by atoms with Crippen LogP contribution >= 0.6 is 0 Å². The van der Waals surface area contributed by atoms with Crippen molar-refractivity contribution in [3.63, 3.8) is 0 Å². The van der Waals surface area contributed by atoms with E-state index in [0.717, 1.165) is 5.56 Å². The number of aliphatic carboxylic acids is 1. The molecule has 0 aliphatic heterocycles. The molecule has 0 saturated carbocycles. The molecule has 0 spiro atoms. The van der Waals surface area contributed by atoms with Gasteiger partial charge in [0.1, 0.15) is 18.9 Å². The van der Waals surface area contributed by atoms with Gasteiger partial charge in [0, 0.05) is 6.42 Å². The van der Waals surface area contributed by atoms with Gasteiger partial charge in [0.15, 0.2) is 0 Å². The van der Waals surface area contributed by atoms with Gasteiger partial charge in [0.25, 0.3) is 0 Å². The molecule has 2 amide bonds. The van der Waals surface area contributed by atoms with Gasteiger partial charge in [0.2, 0.25) is 5.91 Å². The van der Waals surface area contributed by atoms with E-state index in [1.807, 2.05) is 6.07 Å². The molecule has 2 atom stereocenters. The van der Waals surface area contributed by atoms with Crippen molar-refractivity contribution in [1.82, 2.24) is 10.6 Å². The fourth-order valence-electron chi connectivity index (χ4n) is 1.80. The molecule has 0 aromatic heterocycles. The van der Waals surface area contributed by atoms with Crippen molar-refractivity contribution in [3.8, 4) is 0 Å². The van der Waals surface area contributed by atoms with Crippen LogP contribution in [0.3, 0.4) is 0 Å². The molecular weight excluding hydrogens is 316 g/mol. The van der Waals surface area contributed by atoms with Crippen LogP contribution in [0.1, 0.15) is 25.3 Å². The number of aldehydes is 1. The topological polar surface area (TPSA) is 122 Å². The first-order valence-corrected chi connectivity index (χ1v) is 7.37. The van der Waals surface area contributed by atoms with Crippen LogP contribution in [-0.2, 0) is 25.7 Å². The van der Waals surface area contributed by atoms with Gasteiger partial charge in [0.05, 0.1) is 6.04 Å². The Morgan fingerprint density at radius 2 is 1.88 bits per heavy atom. The minimum Gasteiger partial charge on any atom is -0.480 e. The van der Waals surface area contributed by atoms with Crippen LogP contribution in [0.5, 0.6) is 0 Å². The largest absolute Gasteiger partial charge is 0.480 e. The summed E-state index contributed by atoms with van der Waals surface area (Å²) < 4.78 is 4.94. The highest BCUT2D eigenvalue weighted by Gasteiger charge is 2.22. The second-order valence-corrected chi connectivity index (χ2v) is 5.13. The number of rotatable bonds is 9. The minimum absolute atomic E-state index is 0.0103. The van der Waals surface area contributed by atoms with E-state index in [4.69, 9.17) is 9.84 Å². The Hall–Kier alpha value is -2.90. The van der Waals surface area contributed by atoms with Crippen LogP contribution in [-0.4, -0.2) is 41.4 Å². The number of carboxylic acids is 1. The predicted octanol–water partition coefficient (Wildman–Crippen LogP) is 0.850. The third-order valence-electron chi connectivity index (χ3n) is 3.06. The maximum atomic E-state index is 11.7. The first-order chi connectivity index (χ1) is 11.4. The molecular formula is C16H20N2O6. The first kappa shape index (κ1) is 19.1. The molecule has 0 radical (unpaired) electrons. The monoisotopic (exact) mass is 336 g/mol. The first-order valence-electron chi connectivity index (χ1n) is 7.37. The summed E-state index contributed by atoms with van der Waals surface area (Å²) in [6.07, 6.45) is -0.583. The average molecular weight is 336 g/mol. The zero-order valence-corrected chi connectivity index (χ0v) is 13.2. The zero-order chi connectivity index (χ0) is 17.9. The van der Waals surface area contributed by atoms with Crippen molar-refractivity contribution in [1.29, 1.82) is 0 Å². The SMILES string of the molecule is C[C@H](C=O)NC(=O)CC[C@@H](NC(=O)OCc1ccccc1)C(=O)O. The zero-order valence-electron chi connectivity index (χ0n) is 13.2. The number of hydrogen-bond acceptors (Lipinski definition) is 5. The highest BCUT2D eigenvalue weighted by molar-refractivity contribution is 5.82. The number of amides is 2. The number of alkyl carbamates (subject to hydrolysis) is 1. The van der Waals surface area contributed by atoms with Gasteiger partial charge in [-0.05, 0) is 18.9 Å². The van der Waals surface area contributed by atoms with Crippen molar-refractivity contribution in [2.24, 2.45) is 0 Å². The Morgan fingerprint density at radius 3 is 2.46 bits per heavy atom. The number of hydrogen-bond donors (Lipinski definition) is 3. The highest BCUT2D eigenvalue weighted by Crippen LogP contribution is 2.03. The number of carbonyl (C=O) groups is 4. The molecule has 3 N–H and O–H groups in total. The lowest BCUT2D eigenvalue weighted by Crippen LogP contribution is -2.42. The molecule has 1 rings (SSSR count). The molecule has 0 unspecified atom stereocenters. The summed E-state index contributed by atoms with van der Waals surface area (Å²) >= 11 is 0. The maximum Gasteiger partial charge on any atom is 0.408 e. The fraction of sp³-hybridized carbons (Fsp3) is 0.375. The molecule has 0 heterocycles. The number of carbonyl (C=O) groups excluding carboxylic acids is 3. The average Bonchev–Trinajstić information content (AvgIpc) is 2.57. The van der Waals surface area contributed by atoms with E-state index in [1.54, 1.807) is 24.3 Å². The van der Waals surface area contributed by atoms with Gasteiger partial charge in [-0.1, -0.05) is 30.3 Å². The molecule has 24 heavy (non-hydrogen) atoms. The Balaban J connectivity index is 2.41. The quantitative estimate of drug-likeness (QED) is 0.575. The van der Waals surface area contributed by atoms with Crippen LogP contribution in [0.4, 0.5) is 4.79 Å². The van der Waals surface area contributed by atoms with E-state index in [9.17, 15) is 19.2 Å². The fourth-order valence-corrected chi connectivity index (χ4v) is 1.80. The molecule has 0 bridgehead atoms. The molecule has 0 aliphatic rings. The van der Waals surface area contributed by atoms with Crippen molar-refractivity contribution < 1.29 is 29.0 Å². The normalized spacial score (nSPS) is 12.5. The molecule has 0 saturated heterocycles. The van der Waals surface area contributed by atoms with Crippen molar-refractivity contribution in [2.45, 2.75) is 38.5 Å². The lowest BCUT2D eigenvalue weighted by atomic mass is 10.1. The molecule has 0 aliphatic carbocycles. The lowest BCUT2D eigenvalue weighted by Gasteiger charge is -2.15. The van der Waals surface area contributed by atoms with Crippen LogP contribution in [0.15, 0.2) is 30.3 Å². The third-order valence-corrected chi connectivity index (χ3v) is 3.06. The Kier molecular flexibility index (Phi) is 7.97. The Labute approximate surface area is 139 Å². The van der Waals surface area contributed by atoms with E-state index in [1.165, 1.54) is 6.92 Å². The minimum atomic E-state index is -1.28. The van der Waals surface area contributed by atoms with Crippen molar-refractivity contribution in [2.75, 3.05) is 0 Å². The van der Waals surface area contributed by atoms with Gasteiger partial charge in [-0.25, -0.2) is 9.59 Å². The van der Waals surface area contributed by atoms with Gasteiger partial charge < -0.3 is 25.3 Å². The summed E-state index contributed by atoms with van der Waals surface area (Å²) in [6.45, 7) is 1.51. The third kappa shape index (κ3) is 7.39. The molecule has 8 heteroatoms. The van der Waals surface area contributed by atoms with Crippen LogP contribution < -0.4 is 10.6 Å². The lowest BCUT2D eigenvalue weighted by molar-refractivity contribution is -0.139. The summed E-state index contributed by atoms with van der Waals surface area (Å²) in [6, 6.07) is 7.02. The van der Waals surface area contributed by atoms with Crippen LogP contribution in [0, 0.1) is 0 Å². The van der Waals surface area contributed by atoms with Crippen molar-refractivity contribution >= 4 is 24.3 Å². The van der Waals surface area contributed by atoms with Crippen molar-refractivity contribution in [3.05, 3.63) is 35.9 Å².